The average molecular weight is 325 g/mol. The molecule has 0 N–H and O–H groups in total. The lowest BCUT2D eigenvalue weighted by Gasteiger charge is -2.16. The van der Waals surface area contributed by atoms with Crippen LogP contribution >= 0.6 is 15.9 Å². The smallest absolute Gasteiger partial charge is 0.491 e. The molecule has 98 valence electrons. The SMILES string of the molecule is COc1cnc(CBr)c(CC#N)c1OC(F)(F)F. The molecule has 1 aromatic heterocycles. The van der Waals surface area contributed by atoms with Crippen molar-refractivity contribution in [1.82, 2.24) is 4.98 Å². The molecule has 0 aliphatic carbocycles. The van der Waals surface area contributed by atoms with Crippen LogP contribution in [0.15, 0.2) is 6.20 Å². The third-order valence-corrected chi connectivity index (χ3v) is 2.54. The van der Waals surface area contributed by atoms with Gasteiger partial charge in [-0.05, 0) is 0 Å². The van der Waals surface area contributed by atoms with Crippen LogP contribution in [-0.4, -0.2) is 18.5 Å². The van der Waals surface area contributed by atoms with E-state index in [1.807, 2.05) is 0 Å². The Labute approximate surface area is 109 Å². The molecule has 0 atom stereocenters. The van der Waals surface area contributed by atoms with Crippen molar-refractivity contribution >= 4 is 15.9 Å². The van der Waals surface area contributed by atoms with E-state index in [-0.39, 0.29) is 23.1 Å². The third-order valence-electron chi connectivity index (χ3n) is 2.00. The van der Waals surface area contributed by atoms with Gasteiger partial charge in [0.2, 0.25) is 0 Å². The molecule has 1 heterocycles. The van der Waals surface area contributed by atoms with E-state index in [9.17, 15) is 13.2 Å². The Kier molecular flexibility index (Phi) is 4.78. The Bertz CT molecular complexity index is 471. The summed E-state index contributed by atoms with van der Waals surface area (Å²) in [5, 5.41) is 8.87. The second-order valence-corrected chi connectivity index (χ2v) is 3.66. The maximum atomic E-state index is 12.3. The standard InChI is InChI=1S/C10H8BrF3N2O2/c1-17-8-5-16-7(4-11)6(2-3-15)9(8)18-10(12,13)14/h5H,2,4H2,1H3. The Hall–Kier alpha value is -1.49. The van der Waals surface area contributed by atoms with Gasteiger partial charge in [0.15, 0.2) is 11.5 Å². The van der Waals surface area contributed by atoms with Crippen molar-refractivity contribution < 1.29 is 22.6 Å². The molecule has 1 aromatic rings. The lowest BCUT2D eigenvalue weighted by atomic mass is 10.1. The monoisotopic (exact) mass is 324 g/mol. The average Bonchev–Trinajstić information content (AvgIpc) is 2.29. The van der Waals surface area contributed by atoms with Crippen molar-refractivity contribution in [3.05, 3.63) is 17.5 Å². The van der Waals surface area contributed by atoms with Crippen LogP contribution in [0.5, 0.6) is 11.5 Å². The summed E-state index contributed by atoms with van der Waals surface area (Å²) in [6, 6.07) is 1.77. The van der Waals surface area contributed by atoms with E-state index in [0.29, 0.717) is 5.69 Å². The van der Waals surface area contributed by atoms with Gasteiger partial charge < -0.3 is 9.47 Å². The zero-order chi connectivity index (χ0) is 13.8. The van der Waals surface area contributed by atoms with Crippen LogP contribution in [0.3, 0.4) is 0 Å². The van der Waals surface area contributed by atoms with Crippen molar-refractivity contribution in [2.24, 2.45) is 0 Å². The summed E-state index contributed by atoms with van der Waals surface area (Å²) in [5.74, 6) is -0.682. The predicted molar refractivity (Wildman–Crippen MR) is 59.4 cm³/mol. The van der Waals surface area contributed by atoms with Gasteiger partial charge in [0, 0.05) is 10.9 Å². The minimum atomic E-state index is -4.86. The van der Waals surface area contributed by atoms with Crippen LogP contribution in [0.25, 0.3) is 0 Å². The lowest BCUT2D eigenvalue weighted by molar-refractivity contribution is -0.275. The number of hydrogen-bond acceptors (Lipinski definition) is 4. The highest BCUT2D eigenvalue weighted by Gasteiger charge is 2.34. The molecular weight excluding hydrogens is 317 g/mol. The molecule has 0 bridgehead atoms. The van der Waals surface area contributed by atoms with Crippen molar-refractivity contribution in [2.75, 3.05) is 7.11 Å². The topological polar surface area (TPSA) is 55.1 Å². The molecule has 0 aliphatic rings. The fourth-order valence-corrected chi connectivity index (χ4v) is 1.79. The number of halogens is 4. The van der Waals surface area contributed by atoms with Gasteiger partial charge in [0.25, 0.3) is 0 Å². The zero-order valence-corrected chi connectivity index (χ0v) is 10.8. The number of alkyl halides is 4. The van der Waals surface area contributed by atoms with Gasteiger partial charge in [-0.3, -0.25) is 4.98 Å². The highest BCUT2D eigenvalue weighted by Crippen LogP contribution is 2.37. The zero-order valence-electron chi connectivity index (χ0n) is 9.21. The van der Waals surface area contributed by atoms with Gasteiger partial charge in [0.05, 0.1) is 31.5 Å². The number of hydrogen-bond donors (Lipinski definition) is 0. The number of nitriles is 1. The molecule has 18 heavy (non-hydrogen) atoms. The van der Waals surface area contributed by atoms with E-state index in [4.69, 9.17) is 10.00 Å². The van der Waals surface area contributed by atoms with E-state index >= 15 is 0 Å². The summed E-state index contributed by atoms with van der Waals surface area (Å²) >= 11 is 3.09. The fourth-order valence-electron chi connectivity index (χ4n) is 1.30. The van der Waals surface area contributed by atoms with Gasteiger partial charge in [-0.15, -0.1) is 13.2 Å². The van der Waals surface area contributed by atoms with Gasteiger partial charge >= 0.3 is 6.36 Å². The number of ether oxygens (including phenoxy) is 2. The maximum Gasteiger partial charge on any atom is 0.573 e. The number of pyridine rings is 1. The first kappa shape index (κ1) is 14.6. The molecule has 0 aromatic carbocycles. The molecule has 0 amide bonds. The Morgan fingerprint density at radius 3 is 2.61 bits per heavy atom. The van der Waals surface area contributed by atoms with Crippen molar-refractivity contribution in [3.8, 4) is 17.6 Å². The molecule has 0 saturated heterocycles. The second-order valence-electron chi connectivity index (χ2n) is 3.10. The summed E-state index contributed by atoms with van der Waals surface area (Å²) in [6.07, 6.45) is -3.99. The summed E-state index contributed by atoms with van der Waals surface area (Å²) in [5.41, 5.74) is 0.364. The number of rotatable bonds is 4. The van der Waals surface area contributed by atoms with Gasteiger partial charge in [-0.2, -0.15) is 5.26 Å². The van der Waals surface area contributed by atoms with Gasteiger partial charge in [-0.1, -0.05) is 15.9 Å². The Morgan fingerprint density at radius 2 is 2.17 bits per heavy atom. The summed E-state index contributed by atoms with van der Waals surface area (Å²) < 4.78 is 45.6. The Balaban J connectivity index is 3.36. The van der Waals surface area contributed by atoms with Crippen LogP contribution < -0.4 is 9.47 Å². The molecule has 0 unspecified atom stereocenters. The molecule has 0 radical (unpaired) electrons. The Morgan fingerprint density at radius 1 is 1.50 bits per heavy atom. The molecular formula is C10H8BrF3N2O2. The van der Waals surface area contributed by atoms with E-state index in [1.54, 1.807) is 6.07 Å². The normalized spacial score (nSPS) is 10.9. The van der Waals surface area contributed by atoms with Crippen LogP contribution in [0, 0.1) is 11.3 Å². The maximum absolute atomic E-state index is 12.3. The van der Waals surface area contributed by atoms with Crippen LogP contribution in [0.2, 0.25) is 0 Å². The van der Waals surface area contributed by atoms with Gasteiger partial charge in [-0.25, -0.2) is 0 Å². The fraction of sp³-hybridized carbons (Fsp3) is 0.400. The van der Waals surface area contributed by atoms with E-state index in [1.165, 1.54) is 7.11 Å². The largest absolute Gasteiger partial charge is 0.573 e. The molecule has 4 nitrogen and oxygen atoms in total. The minimum absolute atomic E-state index is 0.0612. The number of methoxy groups -OCH3 is 1. The van der Waals surface area contributed by atoms with Crippen LogP contribution in [-0.2, 0) is 11.8 Å². The highest BCUT2D eigenvalue weighted by atomic mass is 79.9. The molecule has 0 spiro atoms. The number of aromatic nitrogens is 1. The van der Waals surface area contributed by atoms with E-state index in [0.717, 1.165) is 6.20 Å². The number of nitrogens with zero attached hydrogens (tertiary/aromatic N) is 2. The first-order valence-corrected chi connectivity index (χ1v) is 5.78. The highest BCUT2D eigenvalue weighted by molar-refractivity contribution is 9.08. The molecule has 0 saturated carbocycles. The second kappa shape index (κ2) is 5.91. The molecule has 1 rings (SSSR count). The predicted octanol–water partition coefficient (Wildman–Crippen LogP) is 2.95. The molecule has 0 aliphatic heterocycles. The molecule has 0 fully saturated rings. The van der Waals surface area contributed by atoms with Crippen LogP contribution in [0.4, 0.5) is 13.2 Å². The first-order chi connectivity index (χ1) is 8.42. The quantitative estimate of drug-likeness (QED) is 0.799. The summed E-state index contributed by atoms with van der Waals surface area (Å²) in [7, 11) is 1.20. The van der Waals surface area contributed by atoms with Crippen molar-refractivity contribution in [2.45, 2.75) is 18.1 Å². The van der Waals surface area contributed by atoms with E-state index in [2.05, 4.69) is 25.7 Å². The van der Waals surface area contributed by atoms with Crippen LogP contribution in [0.1, 0.15) is 11.3 Å². The van der Waals surface area contributed by atoms with Gasteiger partial charge in [0.1, 0.15) is 0 Å². The third kappa shape index (κ3) is 3.50. The summed E-state index contributed by atoms with van der Waals surface area (Å²) in [4.78, 5) is 3.91. The first-order valence-electron chi connectivity index (χ1n) is 4.66. The lowest BCUT2D eigenvalue weighted by Crippen LogP contribution is -2.19. The van der Waals surface area contributed by atoms with E-state index < -0.39 is 12.1 Å². The minimum Gasteiger partial charge on any atom is -0.491 e. The van der Waals surface area contributed by atoms with Crippen molar-refractivity contribution in [3.63, 3.8) is 0 Å². The summed E-state index contributed by atoms with van der Waals surface area (Å²) in [6.45, 7) is 0. The van der Waals surface area contributed by atoms with Crippen molar-refractivity contribution in [1.29, 1.82) is 5.26 Å². The molecule has 8 heteroatoms.